The van der Waals surface area contributed by atoms with E-state index in [0.29, 0.717) is 22.9 Å². The second kappa shape index (κ2) is 7.80. The van der Waals surface area contributed by atoms with Crippen LogP contribution >= 0.6 is 0 Å². The van der Waals surface area contributed by atoms with Gasteiger partial charge in [0.15, 0.2) is 0 Å². The van der Waals surface area contributed by atoms with E-state index in [1.807, 2.05) is 54.6 Å². The smallest absolute Gasteiger partial charge is 0.236 e. The van der Waals surface area contributed by atoms with Crippen LogP contribution in [0.3, 0.4) is 0 Å². The highest BCUT2D eigenvalue weighted by Crippen LogP contribution is 2.47. The molecule has 0 saturated carbocycles. The lowest BCUT2D eigenvalue weighted by Gasteiger charge is -2.32. The van der Waals surface area contributed by atoms with Crippen molar-refractivity contribution in [3.63, 3.8) is 0 Å². The Balaban J connectivity index is 1.78. The van der Waals surface area contributed by atoms with Crippen LogP contribution in [0, 0.1) is 5.92 Å². The van der Waals surface area contributed by atoms with Gasteiger partial charge in [-0.15, -0.1) is 0 Å². The van der Waals surface area contributed by atoms with Gasteiger partial charge < -0.3 is 14.8 Å². The average molecular weight is 387 g/mol. The number of carbonyl (C=O) groups excluding carboxylic acids is 2. The van der Waals surface area contributed by atoms with Gasteiger partial charge in [-0.05, 0) is 31.2 Å². The van der Waals surface area contributed by atoms with Crippen molar-refractivity contribution in [2.24, 2.45) is 5.92 Å². The number of ketones is 1. The minimum atomic E-state index is -0.911. The van der Waals surface area contributed by atoms with E-state index < -0.39 is 11.8 Å². The maximum absolute atomic E-state index is 13.3. The number of benzene rings is 3. The second-order valence-electron chi connectivity index (χ2n) is 6.93. The summed E-state index contributed by atoms with van der Waals surface area (Å²) in [5.41, 5.74) is 2.17. The zero-order valence-corrected chi connectivity index (χ0v) is 16.2. The third kappa shape index (κ3) is 3.47. The molecule has 0 fully saturated rings. The van der Waals surface area contributed by atoms with E-state index in [-0.39, 0.29) is 11.7 Å². The molecule has 1 aliphatic heterocycles. The number of nitrogens with one attached hydrogen (secondary N) is 1. The molecule has 1 aliphatic rings. The summed E-state index contributed by atoms with van der Waals surface area (Å²) >= 11 is 0. The molecule has 1 atom stereocenters. The molecule has 3 aromatic rings. The number of hydrogen-bond donors (Lipinski definition) is 1. The molecule has 0 spiro atoms. The van der Waals surface area contributed by atoms with E-state index >= 15 is 0 Å². The molecule has 3 aromatic carbocycles. The summed E-state index contributed by atoms with van der Waals surface area (Å²) in [6.45, 7) is 1.45. The van der Waals surface area contributed by atoms with Crippen molar-refractivity contribution in [2.45, 2.75) is 12.8 Å². The molecule has 0 aromatic heterocycles. The van der Waals surface area contributed by atoms with Crippen molar-refractivity contribution < 1.29 is 19.1 Å². The van der Waals surface area contributed by atoms with Gasteiger partial charge in [0.2, 0.25) is 5.91 Å². The van der Waals surface area contributed by atoms with Gasteiger partial charge in [-0.25, -0.2) is 0 Å². The Hall–Kier alpha value is -3.60. The van der Waals surface area contributed by atoms with Gasteiger partial charge in [-0.3, -0.25) is 9.59 Å². The monoisotopic (exact) mass is 387 g/mol. The van der Waals surface area contributed by atoms with Crippen LogP contribution in [0.15, 0.2) is 72.8 Å². The molecule has 0 saturated heterocycles. The van der Waals surface area contributed by atoms with Gasteiger partial charge in [0, 0.05) is 17.0 Å². The summed E-state index contributed by atoms with van der Waals surface area (Å²) in [6, 6.07) is 22.2. The SMILES string of the molecule is COc1ccccc1NC(=O)[C@@H](C(C)=O)C1c2ccccc2Oc2ccccc21. The van der Waals surface area contributed by atoms with Gasteiger partial charge in [-0.2, -0.15) is 0 Å². The number of fused-ring (bicyclic) bond motifs is 2. The van der Waals surface area contributed by atoms with Gasteiger partial charge in [-0.1, -0.05) is 48.5 Å². The molecule has 1 N–H and O–H groups in total. The lowest BCUT2D eigenvalue weighted by molar-refractivity contribution is -0.130. The van der Waals surface area contributed by atoms with E-state index in [1.54, 1.807) is 25.3 Å². The van der Waals surface area contributed by atoms with Crippen LogP contribution in [0.4, 0.5) is 5.69 Å². The first-order valence-electron chi connectivity index (χ1n) is 9.40. The van der Waals surface area contributed by atoms with Crippen LogP contribution < -0.4 is 14.8 Å². The fourth-order valence-electron chi connectivity index (χ4n) is 3.84. The highest BCUT2D eigenvalue weighted by atomic mass is 16.5. The molecular weight excluding hydrogens is 366 g/mol. The molecule has 1 heterocycles. The Kier molecular flexibility index (Phi) is 5.04. The van der Waals surface area contributed by atoms with E-state index in [1.165, 1.54) is 6.92 Å². The van der Waals surface area contributed by atoms with Crippen molar-refractivity contribution in [2.75, 3.05) is 12.4 Å². The zero-order valence-electron chi connectivity index (χ0n) is 16.2. The number of methoxy groups -OCH3 is 1. The summed E-state index contributed by atoms with van der Waals surface area (Å²) in [5.74, 6) is -0.0853. The number of ether oxygens (including phenoxy) is 2. The molecule has 146 valence electrons. The van der Waals surface area contributed by atoms with E-state index in [0.717, 1.165) is 11.1 Å². The van der Waals surface area contributed by atoms with Crippen molar-refractivity contribution in [3.05, 3.63) is 83.9 Å². The minimum Gasteiger partial charge on any atom is -0.495 e. The second-order valence-corrected chi connectivity index (χ2v) is 6.93. The summed E-state index contributed by atoms with van der Waals surface area (Å²) < 4.78 is 11.3. The van der Waals surface area contributed by atoms with Crippen LogP contribution in [0.2, 0.25) is 0 Å². The number of amides is 1. The highest BCUT2D eigenvalue weighted by molar-refractivity contribution is 6.08. The average Bonchev–Trinajstić information content (AvgIpc) is 2.73. The number of anilines is 1. The summed E-state index contributed by atoms with van der Waals surface area (Å²) in [5, 5.41) is 2.88. The first-order chi connectivity index (χ1) is 14.1. The molecule has 1 amide bonds. The van der Waals surface area contributed by atoms with E-state index in [9.17, 15) is 9.59 Å². The van der Waals surface area contributed by atoms with Crippen LogP contribution in [-0.4, -0.2) is 18.8 Å². The molecule has 5 nitrogen and oxygen atoms in total. The molecule has 0 radical (unpaired) electrons. The first kappa shape index (κ1) is 18.7. The Morgan fingerprint density at radius 3 is 2.03 bits per heavy atom. The minimum absolute atomic E-state index is 0.214. The zero-order chi connectivity index (χ0) is 20.4. The molecule has 0 unspecified atom stereocenters. The van der Waals surface area contributed by atoms with Crippen molar-refractivity contribution in [1.82, 2.24) is 0 Å². The Morgan fingerprint density at radius 2 is 1.45 bits per heavy atom. The lowest BCUT2D eigenvalue weighted by atomic mass is 9.76. The standard InChI is InChI=1S/C24H21NO4/c1-15(26)22(24(27)25-18-11-5-8-14-21(18)28-2)23-16-9-3-6-12-19(16)29-20-13-7-4-10-17(20)23/h3-14,22-23H,1-2H3,(H,25,27)/t22-/m0/s1. The van der Waals surface area contributed by atoms with Crippen LogP contribution in [-0.2, 0) is 9.59 Å². The largest absolute Gasteiger partial charge is 0.495 e. The lowest BCUT2D eigenvalue weighted by Crippen LogP contribution is -2.35. The topological polar surface area (TPSA) is 64.6 Å². The number of para-hydroxylation sites is 4. The highest BCUT2D eigenvalue weighted by Gasteiger charge is 2.40. The molecule has 4 rings (SSSR count). The quantitative estimate of drug-likeness (QED) is 0.640. The summed E-state index contributed by atoms with van der Waals surface area (Å²) in [7, 11) is 1.54. The molecular formula is C24H21NO4. The van der Waals surface area contributed by atoms with Crippen molar-refractivity contribution in [1.29, 1.82) is 0 Å². The first-order valence-corrected chi connectivity index (χ1v) is 9.40. The number of carbonyl (C=O) groups is 2. The number of hydrogen-bond acceptors (Lipinski definition) is 4. The van der Waals surface area contributed by atoms with E-state index in [2.05, 4.69) is 5.32 Å². The van der Waals surface area contributed by atoms with Gasteiger partial charge >= 0.3 is 0 Å². The maximum atomic E-state index is 13.3. The Bertz CT molecular complexity index is 1030. The molecule has 0 bridgehead atoms. The fraction of sp³-hybridized carbons (Fsp3) is 0.167. The van der Waals surface area contributed by atoms with Crippen LogP contribution in [0.1, 0.15) is 24.0 Å². The van der Waals surface area contributed by atoms with E-state index in [4.69, 9.17) is 9.47 Å². The third-order valence-electron chi connectivity index (χ3n) is 5.15. The predicted molar refractivity (Wildman–Crippen MR) is 111 cm³/mol. The molecule has 5 heteroatoms. The molecule has 0 aliphatic carbocycles. The summed E-state index contributed by atoms with van der Waals surface area (Å²) in [6.07, 6.45) is 0. The normalized spacial score (nSPS) is 13.4. The maximum Gasteiger partial charge on any atom is 0.236 e. The fourth-order valence-corrected chi connectivity index (χ4v) is 3.84. The van der Waals surface area contributed by atoms with Crippen molar-refractivity contribution >= 4 is 17.4 Å². The Morgan fingerprint density at radius 1 is 0.897 bits per heavy atom. The van der Waals surface area contributed by atoms with Gasteiger partial charge in [0.05, 0.1) is 12.8 Å². The van der Waals surface area contributed by atoms with Crippen molar-refractivity contribution in [3.8, 4) is 17.2 Å². The number of Topliss-reactive ketones (excluding diaryl/α,β-unsaturated/α-hetero) is 1. The predicted octanol–water partition coefficient (Wildman–Crippen LogP) is 4.78. The summed E-state index contributed by atoms with van der Waals surface area (Å²) in [4.78, 5) is 26.0. The number of rotatable bonds is 5. The van der Waals surface area contributed by atoms with Crippen LogP contribution in [0.5, 0.6) is 17.2 Å². The Labute approximate surface area is 169 Å². The van der Waals surface area contributed by atoms with Crippen LogP contribution in [0.25, 0.3) is 0 Å². The third-order valence-corrected chi connectivity index (χ3v) is 5.15. The van der Waals surface area contributed by atoms with Gasteiger partial charge in [0.1, 0.15) is 28.9 Å². The molecule has 29 heavy (non-hydrogen) atoms. The van der Waals surface area contributed by atoms with Gasteiger partial charge in [0.25, 0.3) is 0 Å².